The molecule has 1 N–H and O–H groups in total. The number of hydrogen-bond donors (Lipinski definition) is 1. The molecule has 0 bridgehead atoms. The molecule has 1 heterocycles. The molecule has 0 amide bonds. The van der Waals surface area contributed by atoms with Gasteiger partial charge in [0.2, 0.25) is 0 Å². The average Bonchev–Trinajstić information content (AvgIpc) is 2.29. The van der Waals surface area contributed by atoms with Crippen LogP contribution in [0.15, 0.2) is 0 Å². The summed E-state index contributed by atoms with van der Waals surface area (Å²) >= 11 is 0. The number of rotatable bonds is 2. The zero-order chi connectivity index (χ0) is 12.5. The average molecular weight is 241 g/mol. The second-order valence-corrected chi connectivity index (χ2v) is 6.06. The van der Waals surface area contributed by atoms with Crippen molar-refractivity contribution in [2.75, 3.05) is 19.8 Å². The molecule has 98 valence electrons. The lowest BCUT2D eigenvalue weighted by Crippen LogP contribution is -2.55. The molecule has 4 heteroatoms. The van der Waals surface area contributed by atoms with Gasteiger partial charge >= 0.3 is 5.97 Å². The third-order valence-corrected chi connectivity index (χ3v) is 4.23. The van der Waals surface area contributed by atoms with Crippen molar-refractivity contribution < 1.29 is 14.6 Å². The Balaban J connectivity index is 1.98. The van der Waals surface area contributed by atoms with Gasteiger partial charge in [-0.2, -0.15) is 0 Å². The van der Waals surface area contributed by atoms with Gasteiger partial charge in [0, 0.05) is 12.6 Å². The fraction of sp³-hybridized carbons (Fsp3) is 0.923. The highest BCUT2D eigenvalue weighted by molar-refractivity contribution is 5.73. The van der Waals surface area contributed by atoms with Gasteiger partial charge in [-0.25, -0.2) is 0 Å². The molecule has 0 spiro atoms. The molecule has 2 aliphatic rings. The van der Waals surface area contributed by atoms with Crippen LogP contribution >= 0.6 is 0 Å². The minimum absolute atomic E-state index is 0.342. The Bertz CT molecular complexity index is 280. The van der Waals surface area contributed by atoms with Crippen LogP contribution in [0.2, 0.25) is 0 Å². The first kappa shape index (κ1) is 12.8. The highest BCUT2D eigenvalue weighted by Gasteiger charge is 2.37. The molecule has 0 aromatic heterocycles. The monoisotopic (exact) mass is 241 g/mol. The summed E-state index contributed by atoms with van der Waals surface area (Å²) in [7, 11) is 0. The first-order valence-corrected chi connectivity index (χ1v) is 6.56. The summed E-state index contributed by atoms with van der Waals surface area (Å²) in [6, 6.07) is 0.00277. The Morgan fingerprint density at radius 2 is 2.00 bits per heavy atom. The van der Waals surface area contributed by atoms with E-state index >= 15 is 0 Å². The van der Waals surface area contributed by atoms with Crippen molar-refractivity contribution in [1.82, 2.24) is 4.90 Å². The SMILES string of the molecule is CC1(C)CCC(N2CCOCC2C(=O)O)CC1. The summed E-state index contributed by atoms with van der Waals surface area (Å²) in [5, 5.41) is 9.22. The summed E-state index contributed by atoms with van der Waals surface area (Å²) in [4.78, 5) is 13.4. The predicted octanol–water partition coefficient (Wildman–Crippen LogP) is 1.74. The number of morpholine rings is 1. The number of ether oxygens (including phenoxy) is 1. The number of hydrogen-bond acceptors (Lipinski definition) is 3. The Morgan fingerprint density at radius 3 is 2.59 bits per heavy atom. The maximum atomic E-state index is 11.2. The molecule has 0 radical (unpaired) electrons. The Kier molecular flexibility index (Phi) is 3.73. The van der Waals surface area contributed by atoms with Crippen LogP contribution in [0, 0.1) is 5.41 Å². The third kappa shape index (κ3) is 2.99. The van der Waals surface area contributed by atoms with E-state index in [4.69, 9.17) is 4.74 Å². The molecule has 2 rings (SSSR count). The van der Waals surface area contributed by atoms with Gasteiger partial charge < -0.3 is 9.84 Å². The second-order valence-electron chi connectivity index (χ2n) is 6.06. The quantitative estimate of drug-likeness (QED) is 0.800. The van der Waals surface area contributed by atoms with Crippen molar-refractivity contribution in [3.05, 3.63) is 0 Å². The predicted molar refractivity (Wildman–Crippen MR) is 65.0 cm³/mol. The van der Waals surface area contributed by atoms with Gasteiger partial charge in [0.05, 0.1) is 13.2 Å². The van der Waals surface area contributed by atoms with Gasteiger partial charge in [-0.1, -0.05) is 13.8 Å². The van der Waals surface area contributed by atoms with E-state index in [1.54, 1.807) is 0 Å². The van der Waals surface area contributed by atoms with Crippen LogP contribution in [0.1, 0.15) is 39.5 Å². The highest BCUT2D eigenvalue weighted by Crippen LogP contribution is 2.37. The van der Waals surface area contributed by atoms with Crippen LogP contribution in [-0.4, -0.2) is 47.8 Å². The molecule has 1 unspecified atom stereocenters. The molecular formula is C13H23NO3. The Morgan fingerprint density at radius 1 is 1.35 bits per heavy atom. The molecule has 1 saturated carbocycles. The number of carboxylic acids is 1. The van der Waals surface area contributed by atoms with E-state index in [1.165, 1.54) is 12.8 Å². The van der Waals surface area contributed by atoms with E-state index in [0.717, 1.165) is 19.4 Å². The maximum absolute atomic E-state index is 11.2. The summed E-state index contributed by atoms with van der Waals surface area (Å²) in [5.74, 6) is -0.741. The van der Waals surface area contributed by atoms with Gasteiger partial charge in [0.25, 0.3) is 0 Å². The van der Waals surface area contributed by atoms with E-state index in [0.29, 0.717) is 24.7 Å². The number of carbonyl (C=O) groups is 1. The molecule has 17 heavy (non-hydrogen) atoms. The summed E-state index contributed by atoms with van der Waals surface area (Å²) in [6.07, 6.45) is 4.64. The van der Waals surface area contributed by atoms with Gasteiger partial charge in [0.15, 0.2) is 0 Å². The van der Waals surface area contributed by atoms with E-state index in [1.807, 2.05) is 0 Å². The third-order valence-electron chi connectivity index (χ3n) is 4.23. The van der Waals surface area contributed by atoms with Crippen molar-refractivity contribution in [3.63, 3.8) is 0 Å². The smallest absolute Gasteiger partial charge is 0.323 e. The maximum Gasteiger partial charge on any atom is 0.323 e. The topological polar surface area (TPSA) is 49.8 Å². The van der Waals surface area contributed by atoms with Crippen molar-refractivity contribution in [1.29, 1.82) is 0 Å². The van der Waals surface area contributed by atoms with Gasteiger partial charge in [-0.3, -0.25) is 9.69 Å². The summed E-state index contributed by atoms with van der Waals surface area (Å²) in [6.45, 7) is 6.38. The van der Waals surface area contributed by atoms with E-state index in [2.05, 4.69) is 18.7 Å². The van der Waals surface area contributed by atoms with Gasteiger partial charge in [-0.05, 0) is 31.1 Å². The normalized spacial score (nSPS) is 31.3. The van der Waals surface area contributed by atoms with Crippen LogP contribution in [-0.2, 0) is 9.53 Å². The molecule has 1 saturated heterocycles. The van der Waals surface area contributed by atoms with Gasteiger partial charge in [0.1, 0.15) is 6.04 Å². The molecule has 0 aromatic rings. The van der Waals surface area contributed by atoms with Crippen LogP contribution in [0.5, 0.6) is 0 Å². The summed E-state index contributed by atoms with van der Waals surface area (Å²) in [5.41, 5.74) is 0.432. The largest absolute Gasteiger partial charge is 0.480 e. The molecule has 0 aromatic carbocycles. The van der Waals surface area contributed by atoms with E-state index < -0.39 is 12.0 Å². The summed E-state index contributed by atoms with van der Waals surface area (Å²) < 4.78 is 5.28. The van der Waals surface area contributed by atoms with Gasteiger partial charge in [-0.15, -0.1) is 0 Å². The lowest BCUT2D eigenvalue weighted by atomic mass is 9.75. The first-order chi connectivity index (χ1) is 7.99. The molecule has 4 nitrogen and oxygen atoms in total. The van der Waals surface area contributed by atoms with Crippen LogP contribution in [0.4, 0.5) is 0 Å². The standard InChI is InChI=1S/C13H23NO3/c1-13(2)5-3-10(4-6-13)14-7-8-17-9-11(14)12(15)16/h10-11H,3-9H2,1-2H3,(H,15,16). The first-order valence-electron chi connectivity index (χ1n) is 6.56. The zero-order valence-corrected chi connectivity index (χ0v) is 10.8. The second kappa shape index (κ2) is 4.94. The molecule has 1 aliphatic heterocycles. The van der Waals surface area contributed by atoms with Crippen molar-refractivity contribution in [3.8, 4) is 0 Å². The fourth-order valence-corrected chi connectivity index (χ4v) is 2.98. The lowest BCUT2D eigenvalue weighted by molar-refractivity contribution is -0.152. The van der Waals surface area contributed by atoms with E-state index in [9.17, 15) is 9.90 Å². The molecular weight excluding hydrogens is 218 g/mol. The van der Waals surface area contributed by atoms with Crippen LogP contribution in [0.25, 0.3) is 0 Å². The van der Waals surface area contributed by atoms with E-state index in [-0.39, 0.29) is 0 Å². The number of aliphatic carboxylic acids is 1. The Labute approximate surface area is 103 Å². The lowest BCUT2D eigenvalue weighted by Gasteiger charge is -2.44. The molecule has 1 aliphatic carbocycles. The highest BCUT2D eigenvalue weighted by atomic mass is 16.5. The molecule has 2 fully saturated rings. The minimum atomic E-state index is -0.741. The zero-order valence-electron chi connectivity index (χ0n) is 10.8. The van der Waals surface area contributed by atoms with Crippen molar-refractivity contribution >= 4 is 5.97 Å². The van der Waals surface area contributed by atoms with Crippen LogP contribution in [0.3, 0.4) is 0 Å². The fourth-order valence-electron chi connectivity index (χ4n) is 2.98. The molecule has 1 atom stereocenters. The number of nitrogens with zero attached hydrogens (tertiary/aromatic N) is 1. The van der Waals surface area contributed by atoms with Crippen LogP contribution < -0.4 is 0 Å². The Hall–Kier alpha value is -0.610. The van der Waals surface area contributed by atoms with Crippen molar-refractivity contribution in [2.45, 2.75) is 51.6 Å². The van der Waals surface area contributed by atoms with Crippen molar-refractivity contribution in [2.24, 2.45) is 5.41 Å². The minimum Gasteiger partial charge on any atom is -0.480 e. The number of carboxylic acid groups (broad SMARTS) is 1.